The average molecular weight is 405 g/mol. The fraction of sp³-hybridized carbons (Fsp3) is 0.0952. The minimum absolute atomic E-state index is 0.0715. The van der Waals surface area contributed by atoms with Gasteiger partial charge < -0.3 is 9.84 Å². The number of hydrogen-bond donors (Lipinski definition) is 1. The SMILES string of the molecule is Cc1cccc(NC(=O)Cn2nc(-c3nc(-c4ccc(F)cc4)no3)ccc2=O)c1. The minimum Gasteiger partial charge on any atom is -0.332 e. The Balaban J connectivity index is 1.54. The number of anilines is 1. The first kappa shape index (κ1) is 19.2. The summed E-state index contributed by atoms with van der Waals surface area (Å²) in [7, 11) is 0. The van der Waals surface area contributed by atoms with E-state index in [4.69, 9.17) is 4.52 Å². The Kier molecular flexibility index (Phi) is 5.17. The molecule has 4 aromatic rings. The van der Waals surface area contributed by atoms with Crippen molar-refractivity contribution in [1.29, 1.82) is 0 Å². The molecule has 0 aliphatic heterocycles. The summed E-state index contributed by atoms with van der Waals surface area (Å²) in [6.45, 7) is 1.63. The van der Waals surface area contributed by atoms with Crippen LogP contribution in [0.15, 0.2) is 70.0 Å². The molecule has 1 amide bonds. The zero-order chi connectivity index (χ0) is 21.1. The first-order valence-corrected chi connectivity index (χ1v) is 9.03. The van der Waals surface area contributed by atoms with Crippen LogP contribution in [-0.2, 0) is 11.3 Å². The third-order valence-electron chi connectivity index (χ3n) is 4.21. The van der Waals surface area contributed by atoms with Crippen molar-refractivity contribution in [3.05, 3.63) is 82.4 Å². The van der Waals surface area contributed by atoms with Crippen LogP contribution in [-0.4, -0.2) is 25.8 Å². The molecule has 30 heavy (non-hydrogen) atoms. The second kappa shape index (κ2) is 8.08. The summed E-state index contributed by atoms with van der Waals surface area (Å²) in [5.41, 5.74) is 1.98. The van der Waals surface area contributed by atoms with Crippen LogP contribution < -0.4 is 10.9 Å². The quantitative estimate of drug-likeness (QED) is 0.547. The van der Waals surface area contributed by atoms with E-state index in [2.05, 4.69) is 20.6 Å². The Bertz CT molecular complexity index is 1260. The maximum Gasteiger partial charge on any atom is 0.278 e. The number of carbonyl (C=O) groups is 1. The molecule has 0 aliphatic carbocycles. The highest BCUT2D eigenvalue weighted by molar-refractivity contribution is 5.90. The number of hydrogen-bond acceptors (Lipinski definition) is 6. The molecule has 4 rings (SSSR count). The molecule has 2 aromatic carbocycles. The summed E-state index contributed by atoms with van der Waals surface area (Å²) in [4.78, 5) is 28.7. The molecule has 2 aromatic heterocycles. The number of benzene rings is 2. The Morgan fingerprint density at radius 3 is 2.70 bits per heavy atom. The van der Waals surface area contributed by atoms with Gasteiger partial charge in [0.2, 0.25) is 11.7 Å². The third kappa shape index (κ3) is 4.30. The van der Waals surface area contributed by atoms with Crippen LogP contribution >= 0.6 is 0 Å². The fourth-order valence-corrected chi connectivity index (χ4v) is 2.78. The second-order valence-electron chi connectivity index (χ2n) is 6.56. The first-order valence-electron chi connectivity index (χ1n) is 9.03. The molecule has 0 fully saturated rings. The topological polar surface area (TPSA) is 103 Å². The molecule has 0 aliphatic rings. The van der Waals surface area contributed by atoms with Crippen LogP contribution in [0, 0.1) is 12.7 Å². The van der Waals surface area contributed by atoms with E-state index < -0.39 is 11.5 Å². The van der Waals surface area contributed by atoms with Crippen molar-refractivity contribution in [3.63, 3.8) is 0 Å². The zero-order valence-corrected chi connectivity index (χ0v) is 15.9. The van der Waals surface area contributed by atoms with Crippen LogP contribution in [0.4, 0.5) is 10.1 Å². The molecule has 0 radical (unpaired) electrons. The van der Waals surface area contributed by atoms with Gasteiger partial charge in [-0.15, -0.1) is 0 Å². The molecule has 0 spiro atoms. The largest absolute Gasteiger partial charge is 0.332 e. The van der Waals surface area contributed by atoms with Crippen molar-refractivity contribution >= 4 is 11.6 Å². The lowest BCUT2D eigenvalue weighted by molar-refractivity contribution is -0.117. The van der Waals surface area contributed by atoms with Gasteiger partial charge in [0, 0.05) is 17.3 Å². The molecule has 0 unspecified atom stereocenters. The highest BCUT2D eigenvalue weighted by Crippen LogP contribution is 2.20. The van der Waals surface area contributed by atoms with E-state index in [-0.39, 0.29) is 29.8 Å². The maximum atomic E-state index is 13.1. The Morgan fingerprint density at radius 1 is 1.13 bits per heavy atom. The van der Waals surface area contributed by atoms with Gasteiger partial charge in [-0.2, -0.15) is 10.1 Å². The molecule has 8 nitrogen and oxygen atoms in total. The number of aryl methyl sites for hydroxylation is 1. The van der Waals surface area contributed by atoms with Gasteiger partial charge in [-0.3, -0.25) is 9.59 Å². The van der Waals surface area contributed by atoms with Gasteiger partial charge in [-0.25, -0.2) is 9.07 Å². The maximum absolute atomic E-state index is 13.1. The van der Waals surface area contributed by atoms with E-state index in [1.807, 2.05) is 25.1 Å². The predicted octanol–water partition coefficient (Wildman–Crippen LogP) is 3.05. The number of nitrogens with zero attached hydrogens (tertiary/aromatic N) is 4. The van der Waals surface area contributed by atoms with E-state index in [0.717, 1.165) is 10.2 Å². The van der Waals surface area contributed by atoms with Crippen molar-refractivity contribution in [2.24, 2.45) is 0 Å². The van der Waals surface area contributed by atoms with E-state index in [9.17, 15) is 14.0 Å². The Labute approximate surface area is 170 Å². The lowest BCUT2D eigenvalue weighted by atomic mass is 10.2. The smallest absolute Gasteiger partial charge is 0.278 e. The number of carbonyl (C=O) groups excluding carboxylic acids is 1. The van der Waals surface area contributed by atoms with E-state index in [0.29, 0.717) is 11.3 Å². The standard InChI is InChI=1S/C21H16FN5O3/c1-13-3-2-4-16(11-13)23-18(28)12-27-19(29)10-9-17(25-27)21-24-20(26-30-21)14-5-7-15(22)8-6-14/h2-11H,12H2,1H3,(H,23,28). The highest BCUT2D eigenvalue weighted by atomic mass is 19.1. The molecule has 1 N–H and O–H groups in total. The zero-order valence-electron chi connectivity index (χ0n) is 15.9. The van der Waals surface area contributed by atoms with E-state index in [1.165, 1.54) is 36.4 Å². The first-order chi connectivity index (χ1) is 14.5. The van der Waals surface area contributed by atoms with E-state index in [1.54, 1.807) is 6.07 Å². The van der Waals surface area contributed by atoms with Gasteiger partial charge in [0.1, 0.15) is 18.1 Å². The summed E-state index contributed by atoms with van der Waals surface area (Å²) in [6.07, 6.45) is 0. The molecule has 150 valence electrons. The summed E-state index contributed by atoms with van der Waals surface area (Å²) in [5.74, 6) is -0.450. The predicted molar refractivity (Wildman–Crippen MR) is 107 cm³/mol. The molecule has 0 saturated carbocycles. The van der Waals surface area contributed by atoms with Crippen LogP contribution in [0.25, 0.3) is 23.0 Å². The molecule has 0 saturated heterocycles. The number of aromatic nitrogens is 4. The van der Waals surface area contributed by atoms with Crippen molar-refractivity contribution in [2.45, 2.75) is 13.5 Å². The lowest BCUT2D eigenvalue weighted by Crippen LogP contribution is -2.29. The van der Waals surface area contributed by atoms with Crippen molar-refractivity contribution in [3.8, 4) is 23.0 Å². The molecule has 0 bridgehead atoms. The monoisotopic (exact) mass is 405 g/mol. The summed E-state index contributed by atoms with van der Waals surface area (Å²) >= 11 is 0. The van der Waals surface area contributed by atoms with Gasteiger partial charge in [0.05, 0.1) is 0 Å². The van der Waals surface area contributed by atoms with Crippen LogP contribution in [0.2, 0.25) is 0 Å². The average Bonchev–Trinajstić information content (AvgIpc) is 3.20. The number of halogens is 1. The van der Waals surface area contributed by atoms with Crippen LogP contribution in [0.5, 0.6) is 0 Å². The third-order valence-corrected chi connectivity index (χ3v) is 4.21. The van der Waals surface area contributed by atoms with Crippen molar-refractivity contribution in [2.75, 3.05) is 5.32 Å². The minimum atomic E-state index is -0.448. The summed E-state index contributed by atoms with van der Waals surface area (Å²) in [5, 5.41) is 10.7. The molecular weight excluding hydrogens is 389 g/mol. The Hall–Kier alpha value is -4.14. The van der Waals surface area contributed by atoms with Gasteiger partial charge in [0.15, 0.2) is 0 Å². The molecular formula is C21H16FN5O3. The number of amides is 1. The van der Waals surface area contributed by atoms with Gasteiger partial charge >= 0.3 is 0 Å². The molecule has 0 atom stereocenters. The van der Waals surface area contributed by atoms with Gasteiger partial charge in [0.25, 0.3) is 11.4 Å². The second-order valence-corrected chi connectivity index (χ2v) is 6.56. The normalized spacial score (nSPS) is 10.7. The van der Waals surface area contributed by atoms with Crippen LogP contribution in [0.1, 0.15) is 5.56 Å². The Morgan fingerprint density at radius 2 is 1.93 bits per heavy atom. The van der Waals surface area contributed by atoms with Crippen molar-refractivity contribution in [1.82, 2.24) is 19.9 Å². The van der Waals surface area contributed by atoms with Gasteiger partial charge in [-0.1, -0.05) is 17.3 Å². The lowest BCUT2D eigenvalue weighted by Gasteiger charge is -2.07. The van der Waals surface area contributed by atoms with Crippen molar-refractivity contribution < 1.29 is 13.7 Å². The number of nitrogens with one attached hydrogen (secondary N) is 1. The fourth-order valence-electron chi connectivity index (χ4n) is 2.78. The summed E-state index contributed by atoms with van der Waals surface area (Å²) in [6, 6.07) is 15.6. The summed E-state index contributed by atoms with van der Waals surface area (Å²) < 4.78 is 19.3. The molecule has 2 heterocycles. The van der Waals surface area contributed by atoms with E-state index >= 15 is 0 Å². The van der Waals surface area contributed by atoms with Crippen LogP contribution in [0.3, 0.4) is 0 Å². The van der Waals surface area contributed by atoms with Gasteiger partial charge in [-0.05, 0) is 55.0 Å². The molecule has 9 heteroatoms. The highest BCUT2D eigenvalue weighted by Gasteiger charge is 2.14. The number of rotatable bonds is 5.